The molecule has 9 heavy (non-hydrogen) atoms. The number of allylic oxidation sites excluding steroid dienone is 3. The molecule has 0 unspecified atom stereocenters. The molecular formula is C7H13NS. The smallest absolute Gasteiger partial charge is 0.0116 e. The average molecular weight is 143 g/mol. The number of nitrogens with two attached hydrogens (primary N) is 1. The van der Waals surface area contributed by atoms with Gasteiger partial charge in [0.15, 0.2) is 0 Å². The van der Waals surface area contributed by atoms with Crippen LogP contribution in [0.3, 0.4) is 0 Å². The van der Waals surface area contributed by atoms with Gasteiger partial charge in [-0.05, 0) is 31.1 Å². The van der Waals surface area contributed by atoms with Crippen LogP contribution in [0.5, 0.6) is 0 Å². The Morgan fingerprint density at radius 3 is 2.33 bits per heavy atom. The standard InChI is InChI=1S/C7H13NS/c1-4-7(3)9-5-6(2)8/h4-5H,8H2,1-3H3/b6-5-,7-4-. The summed E-state index contributed by atoms with van der Waals surface area (Å²) >= 11 is 1.66. The lowest BCUT2D eigenvalue weighted by Gasteiger charge is -1.92. The van der Waals surface area contributed by atoms with Gasteiger partial charge in [0.05, 0.1) is 0 Å². The van der Waals surface area contributed by atoms with Crippen molar-refractivity contribution in [1.82, 2.24) is 0 Å². The molecule has 0 aromatic heterocycles. The van der Waals surface area contributed by atoms with Gasteiger partial charge < -0.3 is 5.73 Å². The van der Waals surface area contributed by atoms with Crippen molar-refractivity contribution in [1.29, 1.82) is 0 Å². The largest absolute Gasteiger partial charge is 0.402 e. The second-order valence-corrected chi connectivity index (χ2v) is 2.99. The van der Waals surface area contributed by atoms with Gasteiger partial charge in [0.25, 0.3) is 0 Å². The third kappa shape index (κ3) is 5.50. The highest BCUT2D eigenvalue weighted by Crippen LogP contribution is 2.15. The van der Waals surface area contributed by atoms with Gasteiger partial charge in [-0.1, -0.05) is 6.08 Å². The highest BCUT2D eigenvalue weighted by molar-refractivity contribution is 8.05. The monoisotopic (exact) mass is 143 g/mol. The Hall–Kier alpha value is -0.370. The van der Waals surface area contributed by atoms with Crippen LogP contribution < -0.4 is 5.73 Å². The topological polar surface area (TPSA) is 26.0 Å². The molecule has 1 nitrogen and oxygen atoms in total. The van der Waals surface area contributed by atoms with Gasteiger partial charge >= 0.3 is 0 Å². The first kappa shape index (κ1) is 8.63. The molecule has 0 spiro atoms. The molecule has 0 rings (SSSR count). The van der Waals surface area contributed by atoms with Crippen molar-refractivity contribution in [3.05, 3.63) is 22.1 Å². The van der Waals surface area contributed by atoms with Crippen LogP contribution in [0.2, 0.25) is 0 Å². The zero-order chi connectivity index (χ0) is 7.28. The molecule has 0 fully saturated rings. The zero-order valence-corrected chi connectivity index (χ0v) is 6.96. The second kappa shape index (κ2) is 4.50. The van der Waals surface area contributed by atoms with Crippen LogP contribution in [-0.4, -0.2) is 0 Å². The minimum atomic E-state index is 0.862. The predicted octanol–water partition coefficient (Wildman–Crippen LogP) is 2.46. The van der Waals surface area contributed by atoms with Crippen LogP contribution in [0.25, 0.3) is 0 Å². The molecule has 0 radical (unpaired) electrons. The van der Waals surface area contributed by atoms with Gasteiger partial charge in [-0.2, -0.15) is 0 Å². The highest BCUT2D eigenvalue weighted by atomic mass is 32.2. The summed E-state index contributed by atoms with van der Waals surface area (Å²) < 4.78 is 0. The Kier molecular flexibility index (Phi) is 4.32. The molecule has 0 saturated carbocycles. The summed E-state index contributed by atoms with van der Waals surface area (Å²) in [6.07, 6.45) is 2.06. The lowest BCUT2D eigenvalue weighted by atomic mass is 10.6. The van der Waals surface area contributed by atoms with E-state index < -0.39 is 0 Å². The Morgan fingerprint density at radius 2 is 2.00 bits per heavy atom. The molecule has 0 atom stereocenters. The number of hydrogen-bond donors (Lipinski definition) is 1. The van der Waals surface area contributed by atoms with Crippen molar-refractivity contribution in [2.75, 3.05) is 0 Å². The fourth-order valence-electron chi connectivity index (χ4n) is 0.254. The Labute approximate surface area is 61.0 Å². The molecule has 0 amide bonds. The van der Waals surface area contributed by atoms with Gasteiger partial charge in [0.1, 0.15) is 0 Å². The summed E-state index contributed by atoms with van der Waals surface area (Å²) in [5.41, 5.74) is 6.27. The van der Waals surface area contributed by atoms with Crippen LogP contribution >= 0.6 is 11.8 Å². The van der Waals surface area contributed by atoms with Crippen molar-refractivity contribution < 1.29 is 0 Å². The average Bonchev–Trinajstić information content (AvgIpc) is 1.83. The van der Waals surface area contributed by atoms with Gasteiger partial charge in [-0.15, -0.1) is 11.8 Å². The van der Waals surface area contributed by atoms with E-state index in [0.717, 1.165) is 5.70 Å². The lowest BCUT2D eigenvalue weighted by Crippen LogP contribution is -1.87. The fraction of sp³-hybridized carbons (Fsp3) is 0.429. The van der Waals surface area contributed by atoms with Crippen molar-refractivity contribution in [2.24, 2.45) is 5.73 Å². The molecule has 0 bridgehead atoms. The van der Waals surface area contributed by atoms with E-state index >= 15 is 0 Å². The maximum atomic E-state index is 5.41. The molecular weight excluding hydrogens is 130 g/mol. The van der Waals surface area contributed by atoms with E-state index in [-0.39, 0.29) is 0 Å². The Morgan fingerprint density at radius 1 is 1.44 bits per heavy atom. The Balaban J connectivity index is 3.64. The van der Waals surface area contributed by atoms with Gasteiger partial charge in [0.2, 0.25) is 0 Å². The number of thioether (sulfide) groups is 1. The Bertz CT molecular complexity index is 132. The molecule has 52 valence electrons. The molecule has 2 N–H and O–H groups in total. The number of hydrogen-bond acceptors (Lipinski definition) is 2. The highest BCUT2D eigenvalue weighted by Gasteiger charge is 1.82. The SMILES string of the molecule is C/C=C(/C)S/C=C(/C)N. The quantitative estimate of drug-likeness (QED) is 0.642. The van der Waals surface area contributed by atoms with Crippen molar-refractivity contribution in [3.63, 3.8) is 0 Å². The molecule has 0 aromatic carbocycles. The first-order valence-electron chi connectivity index (χ1n) is 2.88. The van der Waals surface area contributed by atoms with Crippen LogP contribution in [0.1, 0.15) is 20.8 Å². The van der Waals surface area contributed by atoms with E-state index in [1.54, 1.807) is 11.8 Å². The molecule has 2 heteroatoms. The summed E-state index contributed by atoms with van der Waals surface area (Å²) in [6.45, 7) is 5.96. The van der Waals surface area contributed by atoms with Crippen LogP contribution in [0, 0.1) is 0 Å². The minimum Gasteiger partial charge on any atom is -0.402 e. The third-order valence-corrected chi connectivity index (χ3v) is 1.93. The zero-order valence-electron chi connectivity index (χ0n) is 6.14. The molecule has 0 aliphatic heterocycles. The normalized spacial score (nSPS) is 14.1. The fourth-order valence-corrected chi connectivity index (χ4v) is 0.762. The minimum absolute atomic E-state index is 0.862. The summed E-state index contributed by atoms with van der Waals surface area (Å²) in [4.78, 5) is 1.28. The molecule has 0 heterocycles. The van der Waals surface area contributed by atoms with E-state index in [9.17, 15) is 0 Å². The van der Waals surface area contributed by atoms with Gasteiger partial charge in [-0.3, -0.25) is 0 Å². The van der Waals surface area contributed by atoms with E-state index in [1.807, 2.05) is 19.3 Å². The first-order chi connectivity index (χ1) is 4.16. The third-order valence-electron chi connectivity index (χ3n) is 0.837. The van der Waals surface area contributed by atoms with Crippen molar-refractivity contribution in [2.45, 2.75) is 20.8 Å². The summed E-state index contributed by atoms with van der Waals surface area (Å²) in [5.74, 6) is 0. The maximum absolute atomic E-state index is 5.41. The van der Waals surface area contributed by atoms with Gasteiger partial charge in [-0.25, -0.2) is 0 Å². The molecule has 0 saturated heterocycles. The first-order valence-corrected chi connectivity index (χ1v) is 3.76. The second-order valence-electron chi connectivity index (χ2n) is 1.88. The van der Waals surface area contributed by atoms with Crippen LogP contribution in [0.15, 0.2) is 22.1 Å². The van der Waals surface area contributed by atoms with Crippen molar-refractivity contribution >= 4 is 11.8 Å². The number of rotatable bonds is 2. The summed E-state index contributed by atoms with van der Waals surface area (Å²) in [7, 11) is 0. The predicted molar refractivity (Wildman–Crippen MR) is 45.0 cm³/mol. The lowest BCUT2D eigenvalue weighted by molar-refractivity contribution is 1.33. The summed E-state index contributed by atoms with van der Waals surface area (Å²) in [5, 5.41) is 1.94. The van der Waals surface area contributed by atoms with E-state index in [1.165, 1.54) is 4.91 Å². The van der Waals surface area contributed by atoms with E-state index in [2.05, 4.69) is 13.0 Å². The van der Waals surface area contributed by atoms with E-state index in [4.69, 9.17) is 5.73 Å². The summed E-state index contributed by atoms with van der Waals surface area (Å²) in [6, 6.07) is 0. The van der Waals surface area contributed by atoms with Crippen LogP contribution in [0.4, 0.5) is 0 Å². The molecule has 0 aliphatic carbocycles. The maximum Gasteiger partial charge on any atom is 0.0116 e. The molecule has 0 aliphatic rings. The van der Waals surface area contributed by atoms with Crippen LogP contribution in [-0.2, 0) is 0 Å². The molecule has 0 aromatic rings. The van der Waals surface area contributed by atoms with Crippen molar-refractivity contribution in [3.8, 4) is 0 Å². The van der Waals surface area contributed by atoms with E-state index in [0.29, 0.717) is 0 Å². The van der Waals surface area contributed by atoms with Gasteiger partial charge in [0, 0.05) is 5.70 Å².